The number of hydrogen-bond donors (Lipinski definition) is 1. The maximum absolute atomic E-state index is 5.65. The third-order valence-corrected chi connectivity index (χ3v) is 3.15. The fourth-order valence-electron chi connectivity index (χ4n) is 2.22. The Kier molecular flexibility index (Phi) is 4.02. The number of hydrogen-bond acceptors (Lipinski definition) is 3. The molecule has 0 aliphatic carbocycles. The van der Waals surface area contributed by atoms with Gasteiger partial charge in [0.1, 0.15) is 5.75 Å². The standard InChI is InChI=1S/C14H22N2O/c1-11(2)17-13-6-4-12(5-7-13)14-10-15-8-9-16(14)3/h4-7,11,14-15H,8-10H2,1-3H3. The second kappa shape index (κ2) is 5.52. The first-order valence-electron chi connectivity index (χ1n) is 6.34. The number of nitrogens with zero attached hydrogens (tertiary/aromatic N) is 1. The van der Waals surface area contributed by atoms with E-state index in [4.69, 9.17) is 4.74 Å². The Morgan fingerprint density at radius 2 is 2.00 bits per heavy atom. The predicted octanol–water partition coefficient (Wildman–Crippen LogP) is 2.05. The van der Waals surface area contributed by atoms with Gasteiger partial charge in [0.05, 0.1) is 6.10 Å². The van der Waals surface area contributed by atoms with E-state index in [0.717, 1.165) is 25.4 Å². The van der Waals surface area contributed by atoms with Gasteiger partial charge in [-0.25, -0.2) is 0 Å². The number of rotatable bonds is 3. The van der Waals surface area contributed by atoms with Crippen LogP contribution in [0.15, 0.2) is 24.3 Å². The van der Waals surface area contributed by atoms with Crippen molar-refractivity contribution in [1.82, 2.24) is 10.2 Å². The zero-order chi connectivity index (χ0) is 12.3. The molecular weight excluding hydrogens is 212 g/mol. The SMILES string of the molecule is CC(C)Oc1ccc(C2CNCCN2C)cc1. The lowest BCUT2D eigenvalue weighted by Crippen LogP contribution is -2.43. The Labute approximate surface area is 104 Å². The summed E-state index contributed by atoms with van der Waals surface area (Å²) >= 11 is 0. The third-order valence-electron chi connectivity index (χ3n) is 3.15. The Balaban J connectivity index is 2.06. The smallest absolute Gasteiger partial charge is 0.119 e. The molecule has 17 heavy (non-hydrogen) atoms. The molecule has 1 saturated heterocycles. The number of likely N-dealkylation sites (N-methyl/N-ethyl adjacent to an activating group) is 1. The van der Waals surface area contributed by atoms with Gasteiger partial charge in [0.15, 0.2) is 0 Å². The molecule has 94 valence electrons. The topological polar surface area (TPSA) is 24.5 Å². The Bertz CT molecular complexity index is 348. The first-order chi connectivity index (χ1) is 8.16. The van der Waals surface area contributed by atoms with Crippen molar-refractivity contribution >= 4 is 0 Å². The summed E-state index contributed by atoms with van der Waals surface area (Å²) in [5.41, 5.74) is 1.36. The Morgan fingerprint density at radius 1 is 1.29 bits per heavy atom. The fraction of sp³-hybridized carbons (Fsp3) is 0.571. The maximum Gasteiger partial charge on any atom is 0.119 e. The van der Waals surface area contributed by atoms with Gasteiger partial charge >= 0.3 is 0 Å². The molecule has 1 fully saturated rings. The van der Waals surface area contributed by atoms with Crippen LogP contribution < -0.4 is 10.1 Å². The highest BCUT2D eigenvalue weighted by molar-refractivity contribution is 5.29. The normalized spacial score (nSPS) is 21.8. The first-order valence-corrected chi connectivity index (χ1v) is 6.34. The zero-order valence-corrected chi connectivity index (χ0v) is 10.9. The van der Waals surface area contributed by atoms with E-state index in [9.17, 15) is 0 Å². The van der Waals surface area contributed by atoms with Crippen LogP contribution in [-0.4, -0.2) is 37.7 Å². The van der Waals surface area contributed by atoms with E-state index in [-0.39, 0.29) is 6.10 Å². The van der Waals surface area contributed by atoms with Crippen LogP contribution in [0.2, 0.25) is 0 Å². The third kappa shape index (κ3) is 3.20. The summed E-state index contributed by atoms with van der Waals surface area (Å²) < 4.78 is 5.65. The lowest BCUT2D eigenvalue weighted by Gasteiger charge is -2.33. The van der Waals surface area contributed by atoms with Gasteiger partial charge in [0, 0.05) is 25.7 Å². The van der Waals surface area contributed by atoms with Crippen LogP contribution in [0.1, 0.15) is 25.5 Å². The van der Waals surface area contributed by atoms with Gasteiger partial charge in [-0.1, -0.05) is 12.1 Å². The van der Waals surface area contributed by atoms with Gasteiger partial charge in [0.25, 0.3) is 0 Å². The highest BCUT2D eigenvalue weighted by Crippen LogP contribution is 2.23. The van der Waals surface area contributed by atoms with E-state index < -0.39 is 0 Å². The zero-order valence-electron chi connectivity index (χ0n) is 10.9. The summed E-state index contributed by atoms with van der Waals surface area (Å²) in [6, 6.07) is 8.96. The van der Waals surface area contributed by atoms with E-state index in [0.29, 0.717) is 6.04 Å². The van der Waals surface area contributed by atoms with E-state index in [1.54, 1.807) is 0 Å². The molecule has 2 rings (SSSR count). The summed E-state index contributed by atoms with van der Waals surface area (Å²) in [4.78, 5) is 2.40. The second-order valence-corrected chi connectivity index (χ2v) is 4.94. The molecule has 0 spiro atoms. The summed E-state index contributed by atoms with van der Waals surface area (Å²) in [5.74, 6) is 0.954. The maximum atomic E-state index is 5.65. The molecule has 1 aliphatic heterocycles. The molecule has 1 aromatic rings. The van der Waals surface area contributed by atoms with Crippen LogP contribution in [0.3, 0.4) is 0 Å². The number of nitrogens with one attached hydrogen (secondary N) is 1. The highest BCUT2D eigenvalue weighted by atomic mass is 16.5. The van der Waals surface area contributed by atoms with E-state index >= 15 is 0 Å². The van der Waals surface area contributed by atoms with Crippen molar-refractivity contribution in [2.24, 2.45) is 0 Å². The van der Waals surface area contributed by atoms with Gasteiger partial charge in [-0.3, -0.25) is 4.90 Å². The van der Waals surface area contributed by atoms with Crippen LogP contribution in [0, 0.1) is 0 Å². The fourth-order valence-corrected chi connectivity index (χ4v) is 2.22. The molecule has 3 heteroatoms. The average Bonchev–Trinajstić information content (AvgIpc) is 2.30. The summed E-state index contributed by atoms with van der Waals surface area (Å²) in [5, 5.41) is 3.44. The molecular formula is C14H22N2O. The van der Waals surface area contributed by atoms with Gasteiger partial charge in [-0.2, -0.15) is 0 Å². The average molecular weight is 234 g/mol. The molecule has 0 bridgehead atoms. The largest absolute Gasteiger partial charge is 0.491 e. The number of piperazine rings is 1. The molecule has 1 heterocycles. The lowest BCUT2D eigenvalue weighted by atomic mass is 10.0. The highest BCUT2D eigenvalue weighted by Gasteiger charge is 2.19. The molecule has 3 nitrogen and oxygen atoms in total. The molecule has 0 radical (unpaired) electrons. The van der Waals surface area contributed by atoms with Gasteiger partial charge < -0.3 is 10.1 Å². The Morgan fingerprint density at radius 3 is 2.59 bits per heavy atom. The predicted molar refractivity (Wildman–Crippen MR) is 70.4 cm³/mol. The van der Waals surface area contributed by atoms with Crippen LogP contribution >= 0.6 is 0 Å². The van der Waals surface area contributed by atoms with Crippen molar-refractivity contribution in [3.63, 3.8) is 0 Å². The summed E-state index contributed by atoms with van der Waals surface area (Å²) in [7, 11) is 2.18. The summed E-state index contributed by atoms with van der Waals surface area (Å²) in [6.07, 6.45) is 0.236. The molecule has 0 amide bonds. The van der Waals surface area contributed by atoms with Crippen molar-refractivity contribution in [2.45, 2.75) is 26.0 Å². The molecule has 1 unspecified atom stereocenters. The van der Waals surface area contributed by atoms with E-state index in [1.165, 1.54) is 5.56 Å². The van der Waals surface area contributed by atoms with Crippen molar-refractivity contribution in [2.75, 3.05) is 26.7 Å². The van der Waals surface area contributed by atoms with Gasteiger partial charge in [0.2, 0.25) is 0 Å². The van der Waals surface area contributed by atoms with Crippen molar-refractivity contribution in [3.05, 3.63) is 29.8 Å². The summed E-state index contributed by atoms with van der Waals surface area (Å²) in [6.45, 7) is 7.32. The lowest BCUT2D eigenvalue weighted by molar-refractivity contribution is 0.202. The molecule has 1 N–H and O–H groups in total. The molecule has 1 aliphatic rings. The first kappa shape index (κ1) is 12.4. The van der Waals surface area contributed by atoms with Crippen LogP contribution in [0.5, 0.6) is 5.75 Å². The minimum Gasteiger partial charge on any atom is -0.491 e. The number of benzene rings is 1. The van der Waals surface area contributed by atoms with Crippen molar-refractivity contribution in [1.29, 1.82) is 0 Å². The van der Waals surface area contributed by atoms with Gasteiger partial charge in [-0.05, 0) is 38.6 Å². The Hall–Kier alpha value is -1.06. The minimum absolute atomic E-state index is 0.236. The van der Waals surface area contributed by atoms with E-state index in [2.05, 4.69) is 41.5 Å². The monoisotopic (exact) mass is 234 g/mol. The molecule has 1 atom stereocenters. The minimum atomic E-state index is 0.236. The van der Waals surface area contributed by atoms with Gasteiger partial charge in [-0.15, -0.1) is 0 Å². The quantitative estimate of drug-likeness (QED) is 0.866. The molecule has 0 aromatic heterocycles. The van der Waals surface area contributed by atoms with Crippen LogP contribution in [0.25, 0.3) is 0 Å². The molecule has 0 saturated carbocycles. The molecule has 1 aromatic carbocycles. The number of ether oxygens (including phenoxy) is 1. The van der Waals surface area contributed by atoms with Crippen LogP contribution in [-0.2, 0) is 0 Å². The van der Waals surface area contributed by atoms with E-state index in [1.807, 2.05) is 13.8 Å². The second-order valence-electron chi connectivity index (χ2n) is 4.94. The van der Waals surface area contributed by atoms with Crippen LogP contribution in [0.4, 0.5) is 0 Å². The van der Waals surface area contributed by atoms with Crippen molar-refractivity contribution in [3.8, 4) is 5.75 Å². The van der Waals surface area contributed by atoms with Crippen molar-refractivity contribution < 1.29 is 4.74 Å².